The van der Waals surface area contributed by atoms with Gasteiger partial charge in [-0.05, 0) is 48.7 Å². The van der Waals surface area contributed by atoms with Crippen LogP contribution in [0, 0.1) is 0 Å². The third-order valence-corrected chi connectivity index (χ3v) is 4.40. The van der Waals surface area contributed by atoms with Crippen LogP contribution in [0.4, 0.5) is 0 Å². The zero-order valence-electron chi connectivity index (χ0n) is 12.1. The van der Waals surface area contributed by atoms with Crippen molar-refractivity contribution in [1.82, 2.24) is 4.90 Å². The van der Waals surface area contributed by atoms with Gasteiger partial charge in [0, 0.05) is 17.6 Å². The van der Waals surface area contributed by atoms with Gasteiger partial charge in [-0.2, -0.15) is 0 Å². The van der Waals surface area contributed by atoms with Crippen molar-refractivity contribution in [1.29, 1.82) is 0 Å². The van der Waals surface area contributed by atoms with Crippen LogP contribution in [0.2, 0.25) is 0 Å². The highest BCUT2D eigenvalue weighted by Crippen LogP contribution is 2.19. The molecule has 0 spiro atoms. The van der Waals surface area contributed by atoms with Crippen molar-refractivity contribution in [3.05, 3.63) is 64.1 Å². The fraction of sp³-hybridized carbons (Fsp3) is 0.333. The van der Waals surface area contributed by atoms with E-state index in [1.807, 2.05) is 24.3 Å². The number of hydrogen-bond donors (Lipinski definition) is 0. The minimum atomic E-state index is 0.735. The molecule has 0 unspecified atom stereocenters. The SMILES string of the molecule is Brc1cccc(OCCN2CCCc3ccccc3C2)c1. The predicted molar refractivity (Wildman–Crippen MR) is 89.7 cm³/mol. The van der Waals surface area contributed by atoms with Crippen LogP contribution in [0.25, 0.3) is 0 Å². The van der Waals surface area contributed by atoms with Gasteiger partial charge in [0.1, 0.15) is 12.4 Å². The summed E-state index contributed by atoms with van der Waals surface area (Å²) in [7, 11) is 0. The highest BCUT2D eigenvalue weighted by molar-refractivity contribution is 9.10. The Morgan fingerprint density at radius 2 is 1.90 bits per heavy atom. The van der Waals surface area contributed by atoms with Crippen LogP contribution in [0.15, 0.2) is 53.0 Å². The second kappa shape index (κ2) is 7.10. The number of ether oxygens (including phenoxy) is 1. The van der Waals surface area contributed by atoms with Gasteiger partial charge >= 0.3 is 0 Å². The molecule has 21 heavy (non-hydrogen) atoms. The fourth-order valence-electron chi connectivity index (χ4n) is 2.81. The van der Waals surface area contributed by atoms with Crippen molar-refractivity contribution in [2.75, 3.05) is 19.7 Å². The van der Waals surface area contributed by atoms with Crippen molar-refractivity contribution < 1.29 is 4.74 Å². The minimum absolute atomic E-state index is 0.735. The van der Waals surface area contributed by atoms with E-state index >= 15 is 0 Å². The number of halogens is 1. The molecule has 1 aliphatic rings. The quantitative estimate of drug-likeness (QED) is 0.820. The summed E-state index contributed by atoms with van der Waals surface area (Å²) in [6.07, 6.45) is 2.42. The van der Waals surface area contributed by atoms with Crippen LogP contribution in [0.5, 0.6) is 5.75 Å². The summed E-state index contributed by atoms with van der Waals surface area (Å²) in [6, 6.07) is 16.8. The molecule has 0 bridgehead atoms. The van der Waals surface area contributed by atoms with Gasteiger partial charge in [-0.15, -0.1) is 0 Å². The molecule has 0 aromatic heterocycles. The monoisotopic (exact) mass is 345 g/mol. The van der Waals surface area contributed by atoms with Crippen molar-refractivity contribution in [2.45, 2.75) is 19.4 Å². The summed E-state index contributed by atoms with van der Waals surface area (Å²) in [5.41, 5.74) is 2.98. The summed E-state index contributed by atoms with van der Waals surface area (Å²) >= 11 is 3.47. The molecular formula is C18H20BrNO. The first kappa shape index (κ1) is 14.6. The zero-order chi connectivity index (χ0) is 14.5. The summed E-state index contributed by atoms with van der Waals surface area (Å²) in [5.74, 6) is 0.930. The van der Waals surface area contributed by atoms with E-state index in [1.165, 1.54) is 24.0 Å². The first-order chi connectivity index (χ1) is 10.3. The maximum absolute atomic E-state index is 5.85. The lowest BCUT2D eigenvalue weighted by molar-refractivity contribution is 0.205. The highest BCUT2D eigenvalue weighted by Gasteiger charge is 2.13. The Hall–Kier alpha value is -1.32. The molecular weight excluding hydrogens is 326 g/mol. The first-order valence-electron chi connectivity index (χ1n) is 7.49. The number of nitrogens with zero attached hydrogens (tertiary/aromatic N) is 1. The van der Waals surface area contributed by atoms with Gasteiger partial charge in [-0.1, -0.05) is 46.3 Å². The van der Waals surface area contributed by atoms with Crippen molar-refractivity contribution in [2.24, 2.45) is 0 Å². The van der Waals surface area contributed by atoms with E-state index < -0.39 is 0 Å². The van der Waals surface area contributed by atoms with Crippen LogP contribution >= 0.6 is 15.9 Å². The normalized spacial score (nSPS) is 15.3. The molecule has 1 heterocycles. The molecule has 110 valence electrons. The Kier molecular flexibility index (Phi) is 4.94. The summed E-state index contributed by atoms with van der Waals surface area (Å²) in [4.78, 5) is 2.49. The molecule has 1 aliphatic heterocycles. The molecule has 3 heteroatoms. The zero-order valence-corrected chi connectivity index (χ0v) is 13.7. The smallest absolute Gasteiger partial charge is 0.120 e. The standard InChI is InChI=1S/C18H20BrNO/c19-17-8-3-9-18(13-17)21-12-11-20-10-4-7-15-5-1-2-6-16(15)14-20/h1-3,5-6,8-9,13H,4,7,10-12,14H2. The Morgan fingerprint density at radius 1 is 1.05 bits per heavy atom. The average Bonchev–Trinajstić information content (AvgIpc) is 2.69. The van der Waals surface area contributed by atoms with Crippen LogP contribution in [-0.4, -0.2) is 24.6 Å². The van der Waals surface area contributed by atoms with E-state index in [2.05, 4.69) is 45.1 Å². The van der Waals surface area contributed by atoms with Gasteiger partial charge < -0.3 is 4.74 Å². The van der Waals surface area contributed by atoms with Gasteiger partial charge in [-0.3, -0.25) is 4.90 Å². The maximum Gasteiger partial charge on any atom is 0.120 e. The van der Waals surface area contributed by atoms with Gasteiger partial charge in [0.05, 0.1) is 0 Å². The third kappa shape index (κ3) is 4.08. The van der Waals surface area contributed by atoms with E-state index in [-0.39, 0.29) is 0 Å². The molecule has 0 saturated carbocycles. The minimum Gasteiger partial charge on any atom is -0.492 e. The molecule has 0 saturated heterocycles. The second-order valence-corrected chi connectivity index (χ2v) is 6.37. The van der Waals surface area contributed by atoms with E-state index in [0.717, 1.165) is 36.5 Å². The third-order valence-electron chi connectivity index (χ3n) is 3.91. The molecule has 2 nitrogen and oxygen atoms in total. The molecule has 0 N–H and O–H groups in total. The van der Waals surface area contributed by atoms with Crippen molar-refractivity contribution in [3.63, 3.8) is 0 Å². The topological polar surface area (TPSA) is 12.5 Å². The summed E-state index contributed by atoms with van der Waals surface area (Å²) < 4.78 is 6.91. The number of rotatable bonds is 4. The number of aryl methyl sites for hydroxylation is 1. The van der Waals surface area contributed by atoms with Gasteiger partial charge in [-0.25, -0.2) is 0 Å². The Morgan fingerprint density at radius 3 is 2.76 bits per heavy atom. The van der Waals surface area contributed by atoms with Crippen LogP contribution in [0.1, 0.15) is 17.5 Å². The fourth-order valence-corrected chi connectivity index (χ4v) is 3.19. The Labute approximate surface area is 134 Å². The summed E-state index contributed by atoms with van der Waals surface area (Å²) in [5, 5.41) is 0. The molecule has 2 aromatic rings. The van der Waals surface area contributed by atoms with Gasteiger partial charge in [0.2, 0.25) is 0 Å². The largest absolute Gasteiger partial charge is 0.492 e. The summed E-state index contributed by atoms with van der Waals surface area (Å²) in [6.45, 7) is 3.90. The molecule has 0 aliphatic carbocycles. The van der Waals surface area contributed by atoms with Gasteiger partial charge in [0.15, 0.2) is 0 Å². The lowest BCUT2D eigenvalue weighted by Gasteiger charge is -2.20. The molecule has 3 rings (SSSR count). The number of fused-ring (bicyclic) bond motifs is 1. The number of hydrogen-bond acceptors (Lipinski definition) is 2. The maximum atomic E-state index is 5.85. The molecule has 0 atom stereocenters. The second-order valence-electron chi connectivity index (χ2n) is 5.45. The Balaban J connectivity index is 1.54. The van der Waals surface area contributed by atoms with Crippen LogP contribution in [-0.2, 0) is 13.0 Å². The lowest BCUT2D eigenvalue weighted by atomic mass is 10.0. The van der Waals surface area contributed by atoms with E-state index in [0.29, 0.717) is 0 Å². The molecule has 2 aromatic carbocycles. The predicted octanol–water partition coefficient (Wildman–Crippen LogP) is 4.28. The lowest BCUT2D eigenvalue weighted by Crippen LogP contribution is -2.28. The van der Waals surface area contributed by atoms with Gasteiger partial charge in [0.25, 0.3) is 0 Å². The van der Waals surface area contributed by atoms with Crippen LogP contribution in [0.3, 0.4) is 0 Å². The molecule has 0 fully saturated rings. The number of benzene rings is 2. The van der Waals surface area contributed by atoms with Crippen molar-refractivity contribution >= 4 is 15.9 Å². The molecule has 0 radical (unpaired) electrons. The van der Waals surface area contributed by atoms with E-state index in [4.69, 9.17) is 4.74 Å². The molecule has 0 amide bonds. The highest BCUT2D eigenvalue weighted by atomic mass is 79.9. The van der Waals surface area contributed by atoms with E-state index in [9.17, 15) is 0 Å². The average molecular weight is 346 g/mol. The van der Waals surface area contributed by atoms with Crippen LogP contribution < -0.4 is 4.74 Å². The van der Waals surface area contributed by atoms with Crippen molar-refractivity contribution in [3.8, 4) is 5.75 Å². The Bertz CT molecular complexity index is 599. The first-order valence-corrected chi connectivity index (χ1v) is 8.28. The van der Waals surface area contributed by atoms with E-state index in [1.54, 1.807) is 0 Å².